The highest BCUT2D eigenvalue weighted by atomic mass is 32.1. The van der Waals surface area contributed by atoms with Gasteiger partial charge in [0.25, 0.3) is 0 Å². The van der Waals surface area contributed by atoms with Gasteiger partial charge in [0, 0.05) is 25.2 Å². The van der Waals surface area contributed by atoms with Crippen molar-refractivity contribution in [2.75, 3.05) is 39.6 Å². The minimum absolute atomic E-state index is 0.550. The number of nitrogens with one attached hydrogen (secondary N) is 1. The fraction of sp³-hybridized carbons (Fsp3) is 0.500. The van der Waals surface area contributed by atoms with E-state index in [4.69, 9.17) is 17.0 Å². The van der Waals surface area contributed by atoms with Crippen molar-refractivity contribution < 1.29 is 4.74 Å². The lowest BCUT2D eigenvalue weighted by Crippen LogP contribution is -2.48. The van der Waals surface area contributed by atoms with Gasteiger partial charge in [0.05, 0.1) is 28.5 Å². The first-order valence-corrected chi connectivity index (χ1v) is 9.01. The van der Waals surface area contributed by atoms with Crippen molar-refractivity contribution in [3.05, 3.63) is 17.6 Å². The predicted molar refractivity (Wildman–Crippen MR) is 101 cm³/mol. The van der Waals surface area contributed by atoms with Crippen LogP contribution in [0.1, 0.15) is 12.8 Å². The van der Waals surface area contributed by atoms with E-state index in [0.717, 1.165) is 46.3 Å². The molecule has 23 heavy (non-hydrogen) atoms. The van der Waals surface area contributed by atoms with Gasteiger partial charge < -0.3 is 19.9 Å². The van der Waals surface area contributed by atoms with Crippen LogP contribution < -0.4 is 10.1 Å². The molecule has 0 radical (unpaired) electrons. The lowest BCUT2D eigenvalue weighted by atomic mass is 10.1. The molecule has 124 valence electrons. The van der Waals surface area contributed by atoms with Gasteiger partial charge in [0.1, 0.15) is 5.75 Å². The maximum atomic E-state index is 5.63. The number of hydrogen-bond donors (Lipinski definition) is 1. The Labute approximate surface area is 146 Å². The zero-order chi connectivity index (χ0) is 16.4. The van der Waals surface area contributed by atoms with E-state index in [1.165, 1.54) is 6.42 Å². The summed E-state index contributed by atoms with van der Waals surface area (Å²) in [7, 11) is 5.93. The molecule has 0 spiro atoms. The minimum Gasteiger partial charge on any atom is -0.494 e. The van der Waals surface area contributed by atoms with Crippen LogP contribution in [0.5, 0.6) is 5.75 Å². The van der Waals surface area contributed by atoms with E-state index in [1.54, 1.807) is 18.4 Å². The molecule has 0 bridgehead atoms. The van der Waals surface area contributed by atoms with Gasteiger partial charge in [-0.2, -0.15) is 0 Å². The Morgan fingerprint density at radius 3 is 3.04 bits per heavy atom. The molecule has 1 aliphatic rings. The van der Waals surface area contributed by atoms with Gasteiger partial charge in [-0.15, -0.1) is 11.3 Å². The first-order valence-electron chi connectivity index (χ1n) is 7.72. The van der Waals surface area contributed by atoms with Gasteiger partial charge in [0.2, 0.25) is 0 Å². The van der Waals surface area contributed by atoms with Crippen LogP contribution in [0.25, 0.3) is 10.2 Å². The molecule has 1 aromatic carbocycles. The number of fused-ring (bicyclic) bond motifs is 1. The van der Waals surface area contributed by atoms with Crippen molar-refractivity contribution in [1.29, 1.82) is 0 Å². The van der Waals surface area contributed by atoms with Gasteiger partial charge in [-0.05, 0) is 45.2 Å². The predicted octanol–water partition coefficient (Wildman–Crippen LogP) is 3.03. The van der Waals surface area contributed by atoms with Gasteiger partial charge in [-0.25, -0.2) is 4.98 Å². The van der Waals surface area contributed by atoms with Crippen LogP contribution in [-0.2, 0) is 0 Å². The molecule has 0 saturated carbocycles. The Kier molecular flexibility index (Phi) is 4.99. The lowest BCUT2D eigenvalue weighted by molar-refractivity contribution is 0.185. The maximum Gasteiger partial charge on any atom is 0.173 e. The number of rotatable bonds is 3. The van der Waals surface area contributed by atoms with Crippen LogP contribution >= 0.6 is 23.6 Å². The molecule has 3 rings (SSSR count). The Morgan fingerprint density at radius 2 is 2.30 bits per heavy atom. The number of ether oxygens (including phenoxy) is 1. The third-order valence-corrected chi connectivity index (χ3v) is 5.46. The Morgan fingerprint density at radius 1 is 1.48 bits per heavy atom. The van der Waals surface area contributed by atoms with Crippen LogP contribution in [0.15, 0.2) is 17.6 Å². The fourth-order valence-electron chi connectivity index (χ4n) is 2.91. The van der Waals surface area contributed by atoms with Gasteiger partial charge in [-0.3, -0.25) is 0 Å². The highest BCUT2D eigenvalue weighted by Gasteiger charge is 2.23. The summed E-state index contributed by atoms with van der Waals surface area (Å²) in [6, 6.07) is 4.57. The average molecular weight is 351 g/mol. The van der Waals surface area contributed by atoms with E-state index in [-0.39, 0.29) is 0 Å². The van der Waals surface area contributed by atoms with Crippen molar-refractivity contribution in [2.24, 2.45) is 0 Å². The molecule has 1 fully saturated rings. The van der Waals surface area contributed by atoms with Crippen molar-refractivity contribution >= 4 is 44.6 Å². The second-order valence-electron chi connectivity index (χ2n) is 6.01. The van der Waals surface area contributed by atoms with E-state index in [9.17, 15) is 0 Å². The number of methoxy groups -OCH3 is 1. The van der Waals surface area contributed by atoms with E-state index in [2.05, 4.69) is 40.3 Å². The summed E-state index contributed by atoms with van der Waals surface area (Å²) < 4.78 is 6.61. The molecule has 1 aromatic heterocycles. The molecule has 0 aliphatic carbocycles. The van der Waals surface area contributed by atoms with Crippen LogP contribution in [0.2, 0.25) is 0 Å². The standard InChI is InChI=1S/C16H22N4OS2/c1-19(2)11-5-4-6-20(9-11)16(22)18-12-8-15-13(17-10-23-15)7-14(12)21-3/h7-8,10-11H,4-6,9H2,1-3H3,(H,18,22). The van der Waals surface area contributed by atoms with E-state index >= 15 is 0 Å². The fourth-order valence-corrected chi connectivity index (χ4v) is 3.88. The largest absolute Gasteiger partial charge is 0.494 e. The molecule has 5 nitrogen and oxygen atoms in total. The molecule has 2 aromatic rings. The lowest BCUT2D eigenvalue weighted by Gasteiger charge is -2.37. The Hall–Kier alpha value is -1.44. The minimum atomic E-state index is 0.550. The summed E-state index contributed by atoms with van der Waals surface area (Å²) in [5.41, 5.74) is 3.70. The molecular formula is C16H22N4OS2. The number of thiazole rings is 1. The highest BCUT2D eigenvalue weighted by molar-refractivity contribution is 7.80. The SMILES string of the molecule is COc1cc2ncsc2cc1NC(=S)N1CCCC(N(C)C)C1. The maximum absolute atomic E-state index is 5.63. The van der Waals surface area contributed by atoms with Crippen molar-refractivity contribution in [1.82, 2.24) is 14.8 Å². The first kappa shape index (κ1) is 16.4. The molecule has 1 aliphatic heterocycles. The number of hydrogen-bond acceptors (Lipinski definition) is 5. The van der Waals surface area contributed by atoms with E-state index in [0.29, 0.717) is 6.04 Å². The van der Waals surface area contributed by atoms with Gasteiger partial charge in [0.15, 0.2) is 5.11 Å². The number of thiocarbonyl (C=S) groups is 1. The number of anilines is 1. The first-order chi connectivity index (χ1) is 11.1. The summed E-state index contributed by atoms with van der Waals surface area (Å²) in [5, 5.41) is 4.13. The summed E-state index contributed by atoms with van der Waals surface area (Å²) in [6.07, 6.45) is 2.39. The summed E-state index contributed by atoms with van der Waals surface area (Å²) >= 11 is 7.25. The molecule has 7 heteroatoms. The van der Waals surface area contributed by atoms with Gasteiger partial charge in [-0.1, -0.05) is 0 Å². The van der Waals surface area contributed by atoms with Crippen LogP contribution in [0, 0.1) is 0 Å². The second kappa shape index (κ2) is 6.98. The number of likely N-dealkylation sites (tertiary alicyclic amines) is 1. The quantitative estimate of drug-likeness (QED) is 0.858. The Balaban J connectivity index is 1.76. The molecule has 2 heterocycles. The number of likely N-dealkylation sites (N-methyl/N-ethyl adjacent to an activating group) is 1. The monoisotopic (exact) mass is 350 g/mol. The van der Waals surface area contributed by atoms with Crippen molar-refractivity contribution in [3.63, 3.8) is 0 Å². The molecule has 1 N–H and O–H groups in total. The van der Waals surface area contributed by atoms with Crippen LogP contribution in [0.4, 0.5) is 5.69 Å². The zero-order valence-corrected chi connectivity index (χ0v) is 15.3. The zero-order valence-electron chi connectivity index (χ0n) is 13.7. The average Bonchev–Trinajstić information content (AvgIpc) is 3.01. The number of nitrogens with zero attached hydrogens (tertiary/aromatic N) is 3. The molecule has 1 saturated heterocycles. The van der Waals surface area contributed by atoms with Crippen LogP contribution in [0.3, 0.4) is 0 Å². The number of aromatic nitrogens is 1. The number of benzene rings is 1. The van der Waals surface area contributed by atoms with Crippen molar-refractivity contribution in [3.8, 4) is 5.75 Å². The summed E-state index contributed by atoms with van der Waals surface area (Å²) in [4.78, 5) is 8.86. The molecule has 1 atom stereocenters. The molecule has 1 unspecified atom stereocenters. The summed E-state index contributed by atoms with van der Waals surface area (Å²) in [5.74, 6) is 0.770. The topological polar surface area (TPSA) is 40.6 Å². The third kappa shape index (κ3) is 3.57. The number of piperidine rings is 1. The van der Waals surface area contributed by atoms with E-state index < -0.39 is 0 Å². The second-order valence-corrected chi connectivity index (χ2v) is 7.28. The van der Waals surface area contributed by atoms with Gasteiger partial charge >= 0.3 is 0 Å². The third-order valence-electron chi connectivity index (χ3n) is 4.31. The smallest absolute Gasteiger partial charge is 0.173 e. The van der Waals surface area contributed by atoms with E-state index in [1.807, 2.05) is 11.6 Å². The summed E-state index contributed by atoms with van der Waals surface area (Å²) in [6.45, 7) is 1.96. The highest BCUT2D eigenvalue weighted by Crippen LogP contribution is 2.32. The van der Waals surface area contributed by atoms with Crippen molar-refractivity contribution in [2.45, 2.75) is 18.9 Å². The van der Waals surface area contributed by atoms with Crippen LogP contribution in [-0.4, -0.2) is 60.2 Å². The molecule has 0 amide bonds. The Bertz CT molecular complexity index is 700. The normalized spacial score (nSPS) is 18.4. The molecular weight excluding hydrogens is 328 g/mol.